The summed E-state index contributed by atoms with van der Waals surface area (Å²) in [5.41, 5.74) is 1.67. The number of fused-ring (bicyclic) bond motifs is 1. The number of furan rings is 1. The molecule has 2 nitrogen and oxygen atoms in total. The molecule has 1 heterocycles. The van der Waals surface area contributed by atoms with E-state index in [2.05, 4.69) is 0 Å². The summed E-state index contributed by atoms with van der Waals surface area (Å²) >= 11 is 0. The molecule has 0 aliphatic carbocycles. The van der Waals surface area contributed by atoms with Gasteiger partial charge in [0.05, 0.1) is 11.8 Å². The van der Waals surface area contributed by atoms with Crippen molar-refractivity contribution in [1.29, 1.82) is 0 Å². The van der Waals surface area contributed by atoms with Gasteiger partial charge in [-0.25, -0.2) is 0 Å². The van der Waals surface area contributed by atoms with Gasteiger partial charge in [0.1, 0.15) is 17.9 Å². The van der Waals surface area contributed by atoms with Crippen LogP contribution in [0.25, 0.3) is 11.0 Å². The molecule has 0 bridgehead atoms. The number of para-hydroxylation sites is 1. The predicted octanol–water partition coefficient (Wildman–Crippen LogP) is 5.34. The fourth-order valence-electron chi connectivity index (χ4n) is 2.29. The lowest BCUT2D eigenvalue weighted by atomic mass is 10.1. The summed E-state index contributed by atoms with van der Waals surface area (Å²) in [6.45, 7) is 1.96. The summed E-state index contributed by atoms with van der Waals surface area (Å²) in [5, 5.41) is 0.851. The first-order chi connectivity index (χ1) is 10.4. The molecule has 0 aliphatic heterocycles. The Labute approximate surface area is 125 Å². The molecule has 0 amide bonds. The molecule has 3 aromatic rings. The van der Waals surface area contributed by atoms with E-state index >= 15 is 0 Å². The van der Waals surface area contributed by atoms with Crippen LogP contribution in [0.1, 0.15) is 16.7 Å². The van der Waals surface area contributed by atoms with Crippen LogP contribution in [0.3, 0.4) is 0 Å². The Kier molecular flexibility index (Phi) is 3.56. The van der Waals surface area contributed by atoms with Crippen molar-refractivity contribution in [2.45, 2.75) is 19.7 Å². The Morgan fingerprint density at radius 1 is 1.09 bits per heavy atom. The number of rotatable bonds is 3. The van der Waals surface area contributed by atoms with Crippen molar-refractivity contribution >= 4 is 11.0 Å². The Morgan fingerprint density at radius 3 is 2.64 bits per heavy atom. The molecule has 114 valence electrons. The van der Waals surface area contributed by atoms with Crippen LogP contribution in [-0.4, -0.2) is 0 Å². The van der Waals surface area contributed by atoms with Crippen LogP contribution in [0, 0.1) is 6.92 Å². The van der Waals surface area contributed by atoms with Gasteiger partial charge in [-0.3, -0.25) is 0 Å². The monoisotopic (exact) mass is 306 g/mol. The molecule has 0 radical (unpaired) electrons. The molecule has 0 saturated heterocycles. The van der Waals surface area contributed by atoms with E-state index < -0.39 is 11.7 Å². The molecule has 2 aromatic carbocycles. The molecule has 3 rings (SSSR count). The smallest absolute Gasteiger partial charge is 0.419 e. The third kappa shape index (κ3) is 2.79. The lowest BCUT2D eigenvalue weighted by molar-refractivity contribution is -0.139. The van der Waals surface area contributed by atoms with Crippen molar-refractivity contribution in [2.24, 2.45) is 0 Å². The second-order valence-corrected chi connectivity index (χ2v) is 5.04. The van der Waals surface area contributed by atoms with Crippen LogP contribution < -0.4 is 4.74 Å². The summed E-state index contributed by atoms with van der Waals surface area (Å²) in [5.74, 6) is -0.183. The maximum atomic E-state index is 12.9. The first-order valence-electron chi connectivity index (χ1n) is 6.71. The molecule has 0 spiro atoms. The zero-order valence-electron chi connectivity index (χ0n) is 11.8. The second kappa shape index (κ2) is 5.40. The van der Waals surface area contributed by atoms with Crippen molar-refractivity contribution in [3.8, 4) is 5.75 Å². The van der Waals surface area contributed by atoms with Gasteiger partial charge in [-0.15, -0.1) is 0 Å². The van der Waals surface area contributed by atoms with Gasteiger partial charge >= 0.3 is 6.18 Å². The molecule has 0 atom stereocenters. The topological polar surface area (TPSA) is 22.4 Å². The molecule has 0 N–H and O–H groups in total. The Morgan fingerprint density at radius 2 is 1.86 bits per heavy atom. The highest BCUT2D eigenvalue weighted by molar-refractivity contribution is 5.81. The number of hydrogen-bond donors (Lipinski definition) is 0. The van der Waals surface area contributed by atoms with Crippen LogP contribution >= 0.6 is 0 Å². The van der Waals surface area contributed by atoms with Gasteiger partial charge in [0, 0.05) is 10.9 Å². The Bertz CT molecular complexity index is 803. The van der Waals surface area contributed by atoms with Crippen LogP contribution in [0.15, 0.2) is 53.1 Å². The predicted molar refractivity (Wildman–Crippen MR) is 76.7 cm³/mol. The molecule has 22 heavy (non-hydrogen) atoms. The van der Waals surface area contributed by atoms with Crippen molar-refractivity contribution in [3.05, 3.63) is 65.4 Å². The molecule has 5 heteroatoms. The average Bonchev–Trinajstić information content (AvgIpc) is 2.87. The van der Waals surface area contributed by atoms with Gasteiger partial charge in [0.15, 0.2) is 0 Å². The van der Waals surface area contributed by atoms with Gasteiger partial charge in [-0.1, -0.05) is 23.8 Å². The molecule has 0 unspecified atom stereocenters. The van der Waals surface area contributed by atoms with Gasteiger partial charge in [-0.2, -0.15) is 13.2 Å². The molecule has 1 aromatic heterocycles. The first kappa shape index (κ1) is 14.5. The molecule has 0 fully saturated rings. The summed E-state index contributed by atoms with van der Waals surface area (Å²) < 4.78 is 49.5. The number of alkyl halides is 3. The van der Waals surface area contributed by atoms with Gasteiger partial charge < -0.3 is 9.15 Å². The van der Waals surface area contributed by atoms with Crippen LogP contribution in [-0.2, 0) is 12.8 Å². The van der Waals surface area contributed by atoms with Crippen LogP contribution in [0.5, 0.6) is 5.75 Å². The van der Waals surface area contributed by atoms with E-state index in [1.54, 1.807) is 0 Å². The Hall–Kier alpha value is -2.43. The van der Waals surface area contributed by atoms with E-state index in [-0.39, 0.29) is 12.4 Å². The lowest BCUT2D eigenvalue weighted by Crippen LogP contribution is -2.08. The fourth-order valence-corrected chi connectivity index (χ4v) is 2.29. The minimum atomic E-state index is -4.44. The summed E-state index contributed by atoms with van der Waals surface area (Å²) in [7, 11) is 0. The van der Waals surface area contributed by atoms with Gasteiger partial charge in [0.25, 0.3) is 0 Å². The molecule has 0 aliphatic rings. The highest BCUT2D eigenvalue weighted by Crippen LogP contribution is 2.36. The van der Waals surface area contributed by atoms with Crippen molar-refractivity contribution < 1.29 is 22.3 Å². The zero-order chi connectivity index (χ0) is 15.7. The number of halogens is 3. The summed E-state index contributed by atoms with van der Waals surface area (Å²) in [6.07, 6.45) is -2.92. The molecule has 0 saturated carbocycles. The second-order valence-electron chi connectivity index (χ2n) is 5.04. The van der Waals surface area contributed by atoms with E-state index in [4.69, 9.17) is 9.15 Å². The number of aryl methyl sites for hydroxylation is 1. The lowest BCUT2D eigenvalue weighted by Gasteiger charge is -2.13. The van der Waals surface area contributed by atoms with Crippen molar-refractivity contribution in [1.82, 2.24) is 0 Å². The maximum Gasteiger partial charge on any atom is 0.419 e. The normalized spacial score (nSPS) is 11.8. The van der Waals surface area contributed by atoms with Crippen LogP contribution in [0.4, 0.5) is 13.2 Å². The number of ether oxygens (including phenoxy) is 1. The highest BCUT2D eigenvalue weighted by atomic mass is 19.4. The summed E-state index contributed by atoms with van der Waals surface area (Å²) in [4.78, 5) is 0. The third-order valence-corrected chi connectivity index (χ3v) is 3.38. The largest absolute Gasteiger partial charge is 0.488 e. The maximum absolute atomic E-state index is 12.9. The SMILES string of the molecule is Cc1ccc2occ(COc3ccccc3C(F)(F)F)c2c1. The standard InChI is InChI=1S/C17H13F3O2/c1-11-6-7-15-13(8-11)12(9-21-15)10-22-16-5-3-2-4-14(16)17(18,19)20/h2-9H,10H2,1H3. The molecular formula is C17H13F3O2. The van der Waals surface area contributed by atoms with E-state index in [0.29, 0.717) is 5.58 Å². The van der Waals surface area contributed by atoms with E-state index in [1.165, 1.54) is 24.5 Å². The summed E-state index contributed by atoms with van der Waals surface area (Å²) in [6, 6.07) is 10.8. The van der Waals surface area contributed by atoms with E-state index in [1.807, 2.05) is 25.1 Å². The highest BCUT2D eigenvalue weighted by Gasteiger charge is 2.34. The minimum absolute atomic E-state index is 0.0174. The number of hydrogen-bond acceptors (Lipinski definition) is 2. The zero-order valence-corrected chi connectivity index (χ0v) is 11.8. The Balaban J connectivity index is 1.87. The average molecular weight is 306 g/mol. The minimum Gasteiger partial charge on any atom is -0.488 e. The fraction of sp³-hybridized carbons (Fsp3) is 0.176. The van der Waals surface area contributed by atoms with Gasteiger partial charge in [-0.05, 0) is 31.2 Å². The van der Waals surface area contributed by atoms with Crippen LogP contribution in [0.2, 0.25) is 0 Å². The first-order valence-corrected chi connectivity index (χ1v) is 6.71. The van der Waals surface area contributed by atoms with Gasteiger partial charge in [0.2, 0.25) is 0 Å². The van der Waals surface area contributed by atoms with Crippen molar-refractivity contribution in [3.63, 3.8) is 0 Å². The number of benzene rings is 2. The van der Waals surface area contributed by atoms with E-state index in [0.717, 1.165) is 22.6 Å². The van der Waals surface area contributed by atoms with E-state index in [9.17, 15) is 13.2 Å². The third-order valence-electron chi connectivity index (χ3n) is 3.38. The molecular weight excluding hydrogens is 293 g/mol. The quantitative estimate of drug-likeness (QED) is 0.652. The van der Waals surface area contributed by atoms with Crippen molar-refractivity contribution in [2.75, 3.05) is 0 Å².